The molecule has 0 aliphatic rings. The van der Waals surface area contributed by atoms with E-state index in [0.29, 0.717) is 27.4 Å². The first-order chi connectivity index (χ1) is 15.4. The van der Waals surface area contributed by atoms with Crippen molar-refractivity contribution in [3.05, 3.63) is 70.4 Å². The van der Waals surface area contributed by atoms with Crippen LogP contribution in [0.1, 0.15) is 39.6 Å². The van der Waals surface area contributed by atoms with Gasteiger partial charge in [0.25, 0.3) is 5.91 Å². The number of methoxy groups -OCH3 is 1. The molecule has 0 bridgehead atoms. The van der Waals surface area contributed by atoms with Crippen LogP contribution in [0.15, 0.2) is 42.7 Å². The summed E-state index contributed by atoms with van der Waals surface area (Å²) in [7, 11) is 1.54. The van der Waals surface area contributed by atoms with Crippen LogP contribution in [-0.2, 0) is 6.54 Å². The van der Waals surface area contributed by atoms with Crippen molar-refractivity contribution in [1.82, 2.24) is 25.3 Å². The van der Waals surface area contributed by atoms with Gasteiger partial charge in [-0.3, -0.25) is 9.78 Å². The number of nitrogens with one attached hydrogen (secondary N) is 2. The number of aromatic nitrogens is 4. The first-order valence-corrected chi connectivity index (χ1v) is 10.7. The smallest absolute Gasteiger partial charge is 0.271 e. The molecule has 10 heteroatoms. The van der Waals surface area contributed by atoms with E-state index in [9.17, 15) is 9.18 Å². The fourth-order valence-electron chi connectivity index (χ4n) is 3.13. The van der Waals surface area contributed by atoms with Crippen LogP contribution in [-0.4, -0.2) is 33.0 Å². The number of hydrogen-bond acceptors (Lipinski definition) is 8. The zero-order valence-electron chi connectivity index (χ0n) is 17.7. The van der Waals surface area contributed by atoms with Gasteiger partial charge < -0.3 is 15.4 Å². The maximum atomic E-state index is 13.5. The summed E-state index contributed by atoms with van der Waals surface area (Å²) in [4.78, 5) is 31.2. The lowest BCUT2D eigenvalue weighted by Gasteiger charge is -2.15. The van der Waals surface area contributed by atoms with Gasteiger partial charge in [-0.05, 0) is 37.6 Å². The Morgan fingerprint density at radius 1 is 1.22 bits per heavy atom. The Bertz CT molecular complexity index is 1280. The molecule has 1 unspecified atom stereocenters. The molecule has 0 aromatic carbocycles. The van der Waals surface area contributed by atoms with Gasteiger partial charge in [0.05, 0.1) is 41.8 Å². The minimum Gasteiger partial charge on any atom is -0.481 e. The van der Waals surface area contributed by atoms with E-state index in [1.54, 1.807) is 18.3 Å². The summed E-state index contributed by atoms with van der Waals surface area (Å²) < 4.78 is 19.4. The fourth-order valence-corrected chi connectivity index (χ4v) is 4.07. The van der Waals surface area contributed by atoms with E-state index in [1.165, 1.54) is 24.5 Å². The van der Waals surface area contributed by atoms with Gasteiger partial charge >= 0.3 is 0 Å². The SMILES string of the molecule is COc1cccc(CNC(=O)c2nc(NC(C)c3cncc(F)c3)nc3cc(C)sc23)n1. The van der Waals surface area contributed by atoms with Crippen LogP contribution in [0.5, 0.6) is 5.88 Å². The van der Waals surface area contributed by atoms with E-state index >= 15 is 0 Å². The Labute approximate surface area is 187 Å². The molecule has 32 heavy (non-hydrogen) atoms. The number of amides is 1. The van der Waals surface area contributed by atoms with Crippen LogP contribution < -0.4 is 15.4 Å². The predicted molar refractivity (Wildman–Crippen MR) is 120 cm³/mol. The monoisotopic (exact) mass is 452 g/mol. The normalized spacial score (nSPS) is 11.9. The summed E-state index contributed by atoms with van der Waals surface area (Å²) in [6, 6.07) is 8.33. The molecule has 2 N–H and O–H groups in total. The molecule has 0 radical (unpaired) electrons. The molecule has 8 nitrogen and oxygen atoms in total. The number of nitrogens with zero attached hydrogens (tertiary/aromatic N) is 4. The Hall–Kier alpha value is -3.66. The summed E-state index contributed by atoms with van der Waals surface area (Å²) in [5.41, 5.74) is 2.24. The van der Waals surface area contributed by atoms with Crippen molar-refractivity contribution in [3.8, 4) is 5.88 Å². The van der Waals surface area contributed by atoms with Crippen LogP contribution in [0, 0.1) is 12.7 Å². The molecule has 4 aromatic rings. The summed E-state index contributed by atoms with van der Waals surface area (Å²) in [5, 5.41) is 6.00. The highest BCUT2D eigenvalue weighted by Crippen LogP contribution is 2.28. The van der Waals surface area contributed by atoms with Crippen LogP contribution in [0.3, 0.4) is 0 Å². The fraction of sp³-hybridized carbons (Fsp3) is 0.227. The van der Waals surface area contributed by atoms with E-state index in [2.05, 4.69) is 30.6 Å². The highest BCUT2D eigenvalue weighted by atomic mass is 32.1. The van der Waals surface area contributed by atoms with Gasteiger partial charge in [0.1, 0.15) is 5.82 Å². The van der Waals surface area contributed by atoms with Gasteiger partial charge in [0.15, 0.2) is 5.69 Å². The maximum Gasteiger partial charge on any atom is 0.271 e. The lowest BCUT2D eigenvalue weighted by atomic mass is 10.1. The molecule has 4 aromatic heterocycles. The first-order valence-electron chi connectivity index (χ1n) is 9.86. The molecule has 1 atom stereocenters. The highest BCUT2D eigenvalue weighted by Gasteiger charge is 2.19. The minimum absolute atomic E-state index is 0.222. The molecule has 0 saturated carbocycles. The number of anilines is 1. The van der Waals surface area contributed by atoms with Crippen LogP contribution >= 0.6 is 11.3 Å². The number of ether oxygens (including phenoxy) is 1. The molecule has 4 heterocycles. The van der Waals surface area contributed by atoms with Crippen LogP contribution in [0.4, 0.5) is 10.3 Å². The molecule has 0 spiro atoms. The Morgan fingerprint density at radius 2 is 2.06 bits per heavy atom. The number of carbonyl (C=O) groups is 1. The minimum atomic E-state index is -0.424. The van der Waals surface area contributed by atoms with E-state index < -0.39 is 5.82 Å². The molecule has 1 amide bonds. The lowest BCUT2D eigenvalue weighted by Crippen LogP contribution is -2.25. The largest absolute Gasteiger partial charge is 0.481 e. The molecular weight excluding hydrogens is 431 g/mol. The van der Waals surface area contributed by atoms with E-state index in [0.717, 1.165) is 11.1 Å². The predicted octanol–water partition coefficient (Wildman–Crippen LogP) is 4.04. The van der Waals surface area contributed by atoms with Gasteiger partial charge in [-0.15, -0.1) is 11.3 Å². The third-order valence-corrected chi connectivity index (χ3v) is 5.75. The zero-order valence-corrected chi connectivity index (χ0v) is 18.5. The molecule has 4 rings (SSSR count). The summed E-state index contributed by atoms with van der Waals surface area (Å²) >= 11 is 1.45. The molecule has 0 aliphatic carbocycles. The van der Waals surface area contributed by atoms with Crippen molar-refractivity contribution in [1.29, 1.82) is 0 Å². The van der Waals surface area contributed by atoms with E-state index in [-0.39, 0.29) is 30.1 Å². The number of pyridine rings is 2. The van der Waals surface area contributed by atoms with Crippen molar-refractivity contribution in [3.63, 3.8) is 0 Å². The van der Waals surface area contributed by atoms with Gasteiger partial charge in [-0.1, -0.05) is 6.07 Å². The zero-order chi connectivity index (χ0) is 22.7. The first kappa shape index (κ1) is 21.6. The topological polar surface area (TPSA) is 102 Å². The van der Waals surface area contributed by atoms with E-state index in [4.69, 9.17) is 4.74 Å². The molecule has 0 aliphatic heterocycles. The Balaban J connectivity index is 1.59. The van der Waals surface area contributed by atoms with Crippen molar-refractivity contribution in [2.24, 2.45) is 0 Å². The Kier molecular flexibility index (Phi) is 6.22. The van der Waals surface area contributed by atoms with Gasteiger partial charge in [-0.25, -0.2) is 19.3 Å². The number of carbonyl (C=O) groups excluding carboxylic acids is 1. The van der Waals surface area contributed by atoms with E-state index in [1.807, 2.05) is 26.0 Å². The van der Waals surface area contributed by atoms with Gasteiger partial charge in [0.2, 0.25) is 11.8 Å². The van der Waals surface area contributed by atoms with Gasteiger partial charge in [-0.2, -0.15) is 0 Å². The van der Waals surface area contributed by atoms with Crippen molar-refractivity contribution in [2.75, 3.05) is 12.4 Å². The van der Waals surface area contributed by atoms with Crippen LogP contribution in [0.25, 0.3) is 10.2 Å². The second-order valence-electron chi connectivity index (χ2n) is 7.12. The number of rotatable bonds is 7. The molecule has 0 saturated heterocycles. The summed E-state index contributed by atoms with van der Waals surface area (Å²) in [6.45, 7) is 4.01. The van der Waals surface area contributed by atoms with Crippen molar-refractivity contribution >= 4 is 33.4 Å². The van der Waals surface area contributed by atoms with Crippen molar-refractivity contribution < 1.29 is 13.9 Å². The number of thiophene rings is 1. The molecular formula is C22H21FN6O2S. The maximum absolute atomic E-state index is 13.5. The standard InChI is InChI=1S/C22H21FN6O2S/c1-12-7-17-20(32-12)19(21(30)25-11-16-5-4-6-18(27-16)31-3)29-22(28-17)26-13(2)14-8-15(23)10-24-9-14/h4-10,13H,11H2,1-3H3,(H,25,30)(H,26,28,29). The molecule has 164 valence electrons. The summed E-state index contributed by atoms with van der Waals surface area (Å²) in [5.74, 6) is -0.0155. The second kappa shape index (κ2) is 9.23. The third kappa shape index (κ3) is 4.80. The second-order valence-corrected chi connectivity index (χ2v) is 8.38. The molecule has 0 fully saturated rings. The number of fused-ring (bicyclic) bond motifs is 1. The highest BCUT2D eigenvalue weighted by molar-refractivity contribution is 7.19. The number of halogens is 1. The number of hydrogen-bond donors (Lipinski definition) is 2. The quantitative estimate of drug-likeness (QED) is 0.436. The number of aryl methyl sites for hydroxylation is 1. The van der Waals surface area contributed by atoms with Crippen molar-refractivity contribution in [2.45, 2.75) is 26.4 Å². The van der Waals surface area contributed by atoms with Gasteiger partial charge in [0, 0.05) is 17.1 Å². The average Bonchev–Trinajstić information content (AvgIpc) is 3.17. The third-order valence-electron chi connectivity index (χ3n) is 4.70. The lowest BCUT2D eigenvalue weighted by molar-refractivity contribution is 0.0947. The Morgan fingerprint density at radius 3 is 2.84 bits per heavy atom. The summed E-state index contributed by atoms with van der Waals surface area (Å²) in [6.07, 6.45) is 2.72. The average molecular weight is 453 g/mol. The van der Waals surface area contributed by atoms with Crippen LogP contribution in [0.2, 0.25) is 0 Å².